The lowest BCUT2D eigenvalue weighted by Crippen LogP contribution is -2.56. The fraction of sp³-hybridized carbons (Fsp3) is 0.292. The molecule has 2 atom stereocenters. The van der Waals surface area contributed by atoms with Crippen LogP contribution in [-0.2, 0) is 4.79 Å². The molecule has 1 saturated heterocycles. The van der Waals surface area contributed by atoms with Gasteiger partial charge < -0.3 is 10.2 Å². The van der Waals surface area contributed by atoms with E-state index in [0.29, 0.717) is 17.2 Å². The zero-order valence-electron chi connectivity index (χ0n) is 18.7. The van der Waals surface area contributed by atoms with Crippen molar-refractivity contribution >= 4 is 56.7 Å². The quantitative estimate of drug-likeness (QED) is 0.616. The van der Waals surface area contributed by atoms with Crippen LogP contribution in [0.25, 0.3) is 16.8 Å². The van der Waals surface area contributed by atoms with Gasteiger partial charge in [0.2, 0.25) is 5.12 Å². The Balaban J connectivity index is 1.54. The normalized spacial score (nSPS) is 22.4. The molecule has 4 heterocycles. The van der Waals surface area contributed by atoms with Crippen LogP contribution >= 0.6 is 35.1 Å². The first-order valence-corrected chi connectivity index (χ1v) is 13.4. The molecular formula is C24H23ClN6OS2. The molecule has 0 aliphatic carbocycles. The summed E-state index contributed by atoms with van der Waals surface area (Å²) >= 11 is 9.55. The first kappa shape index (κ1) is 23.1. The molecule has 10 heteroatoms. The van der Waals surface area contributed by atoms with Crippen molar-refractivity contribution in [3.05, 3.63) is 64.8 Å². The number of rotatable bonds is 3. The highest BCUT2D eigenvalue weighted by atomic mass is 35.5. The average Bonchev–Trinajstić information content (AvgIpc) is 2.84. The van der Waals surface area contributed by atoms with E-state index >= 15 is 0 Å². The number of nitrogens with one attached hydrogen (secondary N) is 2. The molecule has 0 radical (unpaired) electrons. The van der Waals surface area contributed by atoms with Gasteiger partial charge in [0.15, 0.2) is 5.17 Å². The van der Waals surface area contributed by atoms with E-state index in [1.165, 1.54) is 11.8 Å². The van der Waals surface area contributed by atoms with Crippen molar-refractivity contribution in [3.8, 4) is 11.3 Å². The minimum atomic E-state index is -0.299. The second-order valence-corrected chi connectivity index (χ2v) is 10.5. The molecule has 1 aromatic heterocycles. The van der Waals surface area contributed by atoms with Gasteiger partial charge in [-0.3, -0.25) is 15.2 Å². The largest absolute Gasteiger partial charge is 0.345 e. The van der Waals surface area contributed by atoms with Gasteiger partial charge in [0.05, 0.1) is 23.6 Å². The molecule has 174 valence electrons. The summed E-state index contributed by atoms with van der Waals surface area (Å²) in [6.07, 6.45) is 10.6. The second kappa shape index (κ2) is 9.56. The Bertz CT molecular complexity index is 1270. The summed E-state index contributed by atoms with van der Waals surface area (Å²) in [5.74, 6) is 0.702. The van der Waals surface area contributed by atoms with Crippen LogP contribution in [0.4, 0.5) is 0 Å². The van der Waals surface area contributed by atoms with E-state index in [9.17, 15) is 4.79 Å². The SMILES string of the molecule is CSC1=NC=C2CC(c3ccc(-c4cncc(C)n4)cc3Cl)=CN(C3CCSC(=O)C3=N)C2N1. The number of carbonyl (C=O) groups is 1. The summed E-state index contributed by atoms with van der Waals surface area (Å²) in [6, 6.07) is 5.62. The molecule has 3 aliphatic rings. The Kier molecular flexibility index (Phi) is 6.50. The van der Waals surface area contributed by atoms with Gasteiger partial charge in [-0.2, -0.15) is 0 Å². The third-order valence-electron chi connectivity index (χ3n) is 6.05. The van der Waals surface area contributed by atoms with Crippen LogP contribution in [0.1, 0.15) is 24.1 Å². The van der Waals surface area contributed by atoms with E-state index in [2.05, 4.69) is 31.4 Å². The number of hydrogen-bond acceptors (Lipinski definition) is 9. The van der Waals surface area contributed by atoms with Crippen LogP contribution in [-0.4, -0.2) is 55.1 Å². The maximum absolute atomic E-state index is 12.3. The van der Waals surface area contributed by atoms with E-state index in [0.717, 1.165) is 45.2 Å². The van der Waals surface area contributed by atoms with Crippen molar-refractivity contribution in [2.45, 2.75) is 32.0 Å². The van der Waals surface area contributed by atoms with Gasteiger partial charge >= 0.3 is 0 Å². The summed E-state index contributed by atoms with van der Waals surface area (Å²) in [6.45, 7) is 1.91. The lowest BCUT2D eigenvalue weighted by Gasteiger charge is -2.44. The van der Waals surface area contributed by atoms with Gasteiger partial charge in [0.1, 0.15) is 11.9 Å². The molecule has 1 aromatic carbocycles. The Morgan fingerprint density at radius 3 is 2.94 bits per heavy atom. The number of allylic oxidation sites excluding steroid dienone is 1. The van der Waals surface area contributed by atoms with Gasteiger partial charge in [0.25, 0.3) is 0 Å². The Hall–Kier alpha value is -2.62. The highest BCUT2D eigenvalue weighted by molar-refractivity contribution is 8.15. The van der Waals surface area contributed by atoms with E-state index in [4.69, 9.17) is 17.0 Å². The van der Waals surface area contributed by atoms with Gasteiger partial charge in [-0.05, 0) is 42.4 Å². The van der Waals surface area contributed by atoms with Gasteiger partial charge in [-0.1, -0.05) is 47.3 Å². The zero-order chi connectivity index (χ0) is 23.8. The molecule has 34 heavy (non-hydrogen) atoms. The highest BCUT2D eigenvalue weighted by Crippen LogP contribution is 2.39. The summed E-state index contributed by atoms with van der Waals surface area (Å²) < 4.78 is 0. The standard InChI is InChI=1S/C24H23ClN6OS2/c1-13-9-27-11-19(29-13)14-3-4-17(18(25)8-14)16-7-15-10-28-24(33-2)30-22(15)31(12-16)20-5-6-34-23(32)21(20)26/h3-4,8-12,20,22,26H,5-7H2,1-2H3,(H,28,30). The van der Waals surface area contributed by atoms with Crippen LogP contribution in [0, 0.1) is 12.3 Å². The number of carbonyl (C=O) groups excluding carboxylic acids is 1. The number of hydrogen-bond donors (Lipinski definition) is 2. The Morgan fingerprint density at radius 2 is 2.18 bits per heavy atom. The second-order valence-electron chi connectivity index (χ2n) is 8.26. The van der Waals surface area contributed by atoms with Crippen molar-refractivity contribution in [2.24, 2.45) is 4.99 Å². The molecule has 2 aromatic rings. The summed E-state index contributed by atoms with van der Waals surface area (Å²) in [4.78, 5) is 27.7. The number of halogens is 1. The minimum absolute atomic E-state index is 0.141. The number of amidine groups is 1. The van der Waals surface area contributed by atoms with E-state index < -0.39 is 0 Å². The van der Waals surface area contributed by atoms with Crippen molar-refractivity contribution < 1.29 is 4.79 Å². The molecule has 3 aliphatic heterocycles. The molecule has 1 fully saturated rings. The van der Waals surface area contributed by atoms with E-state index in [1.807, 2.05) is 37.6 Å². The van der Waals surface area contributed by atoms with Crippen molar-refractivity contribution in [3.63, 3.8) is 0 Å². The minimum Gasteiger partial charge on any atom is -0.345 e. The molecule has 5 rings (SSSR count). The number of nitrogens with zero attached hydrogens (tertiary/aromatic N) is 4. The maximum atomic E-state index is 12.3. The topological polar surface area (TPSA) is 94.3 Å². The molecule has 0 saturated carbocycles. The van der Waals surface area contributed by atoms with Crippen molar-refractivity contribution in [1.82, 2.24) is 20.2 Å². The fourth-order valence-corrected chi connectivity index (χ4v) is 5.90. The van der Waals surface area contributed by atoms with Crippen LogP contribution in [0.3, 0.4) is 0 Å². The van der Waals surface area contributed by atoms with Gasteiger partial charge in [0, 0.05) is 41.4 Å². The molecule has 0 bridgehead atoms. The van der Waals surface area contributed by atoms with Crippen molar-refractivity contribution in [1.29, 1.82) is 5.41 Å². The van der Waals surface area contributed by atoms with Crippen molar-refractivity contribution in [2.75, 3.05) is 12.0 Å². The maximum Gasteiger partial charge on any atom is 0.234 e. The molecular weight excluding hydrogens is 488 g/mol. The summed E-state index contributed by atoms with van der Waals surface area (Å²) in [5.41, 5.74) is 5.69. The zero-order valence-corrected chi connectivity index (χ0v) is 21.1. The molecule has 2 unspecified atom stereocenters. The summed E-state index contributed by atoms with van der Waals surface area (Å²) in [7, 11) is 0. The van der Waals surface area contributed by atoms with Crippen LogP contribution in [0.15, 0.2) is 53.6 Å². The lowest BCUT2D eigenvalue weighted by molar-refractivity contribution is -0.106. The molecule has 0 spiro atoms. The van der Waals surface area contributed by atoms with Crippen LogP contribution < -0.4 is 5.32 Å². The van der Waals surface area contributed by atoms with Gasteiger partial charge in [-0.15, -0.1) is 0 Å². The number of fused-ring (bicyclic) bond motifs is 1. The first-order chi connectivity index (χ1) is 16.4. The average molecular weight is 511 g/mol. The van der Waals surface area contributed by atoms with Crippen LogP contribution in [0.5, 0.6) is 0 Å². The number of aryl methyl sites for hydroxylation is 1. The number of thioether (sulfide) groups is 2. The Morgan fingerprint density at radius 1 is 1.32 bits per heavy atom. The third-order valence-corrected chi connectivity index (χ3v) is 7.90. The monoisotopic (exact) mass is 510 g/mol. The third kappa shape index (κ3) is 4.39. The number of aliphatic imine (C=N–C) groups is 1. The predicted octanol–water partition coefficient (Wildman–Crippen LogP) is 4.74. The number of benzene rings is 1. The predicted molar refractivity (Wildman–Crippen MR) is 141 cm³/mol. The van der Waals surface area contributed by atoms with E-state index in [-0.39, 0.29) is 23.0 Å². The smallest absolute Gasteiger partial charge is 0.234 e. The van der Waals surface area contributed by atoms with E-state index in [1.54, 1.807) is 24.2 Å². The Labute approximate surface area is 211 Å². The first-order valence-electron chi connectivity index (χ1n) is 10.8. The fourth-order valence-electron chi connectivity index (χ4n) is 4.39. The lowest BCUT2D eigenvalue weighted by atomic mass is 9.91. The number of aromatic nitrogens is 2. The molecule has 0 amide bonds. The molecule has 2 N–H and O–H groups in total. The molecule has 7 nitrogen and oxygen atoms in total. The highest BCUT2D eigenvalue weighted by Gasteiger charge is 2.38. The van der Waals surface area contributed by atoms with Crippen LogP contribution in [0.2, 0.25) is 5.02 Å². The van der Waals surface area contributed by atoms with Gasteiger partial charge in [-0.25, -0.2) is 9.98 Å². The summed E-state index contributed by atoms with van der Waals surface area (Å²) in [5, 5.41) is 13.2.